The first-order chi connectivity index (χ1) is 9.72. The standard InChI is InChI=1S/C17H21NO2/c1-4-18-12-14-5-6-17(11-13(14)2)20-16-9-7-15(19-3)8-10-16/h5-11,18H,4,12H2,1-3H3. The summed E-state index contributed by atoms with van der Waals surface area (Å²) in [6, 6.07) is 13.8. The van der Waals surface area contributed by atoms with Crippen LogP contribution in [-0.2, 0) is 6.54 Å². The second-order valence-electron chi connectivity index (χ2n) is 4.65. The molecule has 0 fully saturated rings. The zero-order valence-electron chi connectivity index (χ0n) is 12.3. The van der Waals surface area contributed by atoms with E-state index in [-0.39, 0.29) is 0 Å². The van der Waals surface area contributed by atoms with Crippen LogP contribution in [0.2, 0.25) is 0 Å². The first-order valence-electron chi connectivity index (χ1n) is 6.85. The summed E-state index contributed by atoms with van der Waals surface area (Å²) in [6.07, 6.45) is 0. The topological polar surface area (TPSA) is 30.5 Å². The van der Waals surface area contributed by atoms with Crippen LogP contribution in [0.25, 0.3) is 0 Å². The van der Waals surface area contributed by atoms with E-state index in [4.69, 9.17) is 9.47 Å². The Balaban J connectivity index is 2.07. The molecule has 0 unspecified atom stereocenters. The molecule has 106 valence electrons. The van der Waals surface area contributed by atoms with E-state index in [1.165, 1.54) is 11.1 Å². The minimum Gasteiger partial charge on any atom is -0.497 e. The molecular formula is C17H21NO2. The highest BCUT2D eigenvalue weighted by molar-refractivity contribution is 5.39. The normalized spacial score (nSPS) is 10.3. The highest BCUT2D eigenvalue weighted by atomic mass is 16.5. The van der Waals surface area contributed by atoms with Gasteiger partial charge >= 0.3 is 0 Å². The molecule has 0 aromatic heterocycles. The molecule has 2 aromatic carbocycles. The van der Waals surface area contributed by atoms with Crippen LogP contribution >= 0.6 is 0 Å². The number of hydrogen-bond acceptors (Lipinski definition) is 3. The molecule has 0 aliphatic carbocycles. The lowest BCUT2D eigenvalue weighted by molar-refractivity contribution is 0.413. The van der Waals surface area contributed by atoms with Crippen LogP contribution in [-0.4, -0.2) is 13.7 Å². The van der Waals surface area contributed by atoms with Crippen molar-refractivity contribution in [1.82, 2.24) is 5.32 Å². The number of methoxy groups -OCH3 is 1. The van der Waals surface area contributed by atoms with Gasteiger partial charge in [-0.2, -0.15) is 0 Å². The molecular weight excluding hydrogens is 250 g/mol. The molecule has 0 radical (unpaired) electrons. The molecule has 0 bridgehead atoms. The van der Waals surface area contributed by atoms with E-state index in [0.29, 0.717) is 0 Å². The van der Waals surface area contributed by atoms with Crippen LogP contribution < -0.4 is 14.8 Å². The summed E-state index contributed by atoms with van der Waals surface area (Å²) in [5, 5.41) is 3.33. The van der Waals surface area contributed by atoms with E-state index in [9.17, 15) is 0 Å². The molecule has 2 rings (SSSR count). The maximum Gasteiger partial charge on any atom is 0.127 e. The van der Waals surface area contributed by atoms with Crippen molar-refractivity contribution in [2.75, 3.05) is 13.7 Å². The summed E-state index contributed by atoms with van der Waals surface area (Å²) in [5.41, 5.74) is 2.53. The Kier molecular flexibility index (Phi) is 5.02. The zero-order chi connectivity index (χ0) is 14.4. The predicted molar refractivity (Wildman–Crippen MR) is 81.6 cm³/mol. The molecule has 0 spiro atoms. The Hall–Kier alpha value is -2.00. The molecule has 0 atom stereocenters. The van der Waals surface area contributed by atoms with Gasteiger partial charge in [0.2, 0.25) is 0 Å². The molecule has 0 saturated heterocycles. The fourth-order valence-corrected chi connectivity index (χ4v) is 1.97. The van der Waals surface area contributed by atoms with Gasteiger partial charge in [-0.15, -0.1) is 0 Å². The Morgan fingerprint density at radius 3 is 2.20 bits per heavy atom. The quantitative estimate of drug-likeness (QED) is 0.864. The smallest absolute Gasteiger partial charge is 0.127 e. The van der Waals surface area contributed by atoms with Crippen LogP contribution in [0.15, 0.2) is 42.5 Å². The lowest BCUT2D eigenvalue weighted by atomic mass is 10.1. The van der Waals surface area contributed by atoms with E-state index in [0.717, 1.165) is 30.3 Å². The van der Waals surface area contributed by atoms with E-state index < -0.39 is 0 Å². The first kappa shape index (κ1) is 14.4. The zero-order valence-corrected chi connectivity index (χ0v) is 12.3. The number of ether oxygens (including phenoxy) is 2. The Labute approximate surface area is 120 Å². The molecule has 0 amide bonds. The molecule has 2 aromatic rings. The van der Waals surface area contributed by atoms with Gasteiger partial charge in [0.25, 0.3) is 0 Å². The molecule has 3 nitrogen and oxygen atoms in total. The summed E-state index contributed by atoms with van der Waals surface area (Å²) in [5.74, 6) is 2.49. The van der Waals surface area contributed by atoms with Gasteiger partial charge in [-0.25, -0.2) is 0 Å². The Morgan fingerprint density at radius 2 is 1.60 bits per heavy atom. The van der Waals surface area contributed by atoms with Gasteiger partial charge in [0.15, 0.2) is 0 Å². The number of rotatable bonds is 6. The Bertz CT molecular complexity index is 549. The van der Waals surface area contributed by atoms with Crippen LogP contribution in [0.5, 0.6) is 17.2 Å². The summed E-state index contributed by atoms with van der Waals surface area (Å²) < 4.78 is 11.0. The van der Waals surface area contributed by atoms with Gasteiger partial charge in [-0.05, 0) is 61.0 Å². The van der Waals surface area contributed by atoms with Gasteiger partial charge in [0.05, 0.1) is 7.11 Å². The van der Waals surface area contributed by atoms with Gasteiger partial charge in [0, 0.05) is 6.54 Å². The van der Waals surface area contributed by atoms with Crippen molar-refractivity contribution in [3.05, 3.63) is 53.6 Å². The monoisotopic (exact) mass is 271 g/mol. The van der Waals surface area contributed by atoms with E-state index in [1.54, 1.807) is 7.11 Å². The largest absolute Gasteiger partial charge is 0.497 e. The van der Waals surface area contributed by atoms with Gasteiger partial charge in [0.1, 0.15) is 17.2 Å². The molecule has 0 saturated carbocycles. The molecule has 1 N–H and O–H groups in total. The van der Waals surface area contributed by atoms with Crippen molar-refractivity contribution in [1.29, 1.82) is 0 Å². The van der Waals surface area contributed by atoms with Crippen molar-refractivity contribution in [3.8, 4) is 17.2 Å². The predicted octanol–water partition coefficient (Wildman–Crippen LogP) is 3.91. The second-order valence-corrected chi connectivity index (χ2v) is 4.65. The second kappa shape index (κ2) is 6.96. The minimum absolute atomic E-state index is 0.810. The van der Waals surface area contributed by atoms with Crippen molar-refractivity contribution >= 4 is 0 Å². The maximum absolute atomic E-state index is 5.84. The molecule has 0 heterocycles. The van der Waals surface area contributed by atoms with E-state index >= 15 is 0 Å². The number of aryl methyl sites for hydroxylation is 1. The SMILES string of the molecule is CCNCc1ccc(Oc2ccc(OC)cc2)cc1C. The van der Waals surface area contributed by atoms with E-state index in [2.05, 4.69) is 31.3 Å². The van der Waals surface area contributed by atoms with Crippen molar-refractivity contribution in [3.63, 3.8) is 0 Å². The third kappa shape index (κ3) is 3.75. The molecule has 0 aliphatic rings. The summed E-state index contributed by atoms with van der Waals surface area (Å²) in [4.78, 5) is 0. The average molecular weight is 271 g/mol. The number of nitrogens with one attached hydrogen (secondary N) is 1. The lowest BCUT2D eigenvalue weighted by Gasteiger charge is -2.10. The summed E-state index contributed by atoms with van der Waals surface area (Å²) in [6.45, 7) is 6.08. The lowest BCUT2D eigenvalue weighted by Crippen LogP contribution is -2.12. The highest BCUT2D eigenvalue weighted by Gasteiger charge is 2.02. The first-order valence-corrected chi connectivity index (χ1v) is 6.85. The van der Waals surface area contributed by atoms with Crippen molar-refractivity contribution in [2.45, 2.75) is 20.4 Å². The molecule has 20 heavy (non-hydrogen) atoms. The van der Waals surface area contributed by atoms with Crippen molar-refractivity contribution < 1.29 is 9.47 Å². The third-order valence-electron chi connectivity index (χ3n) is 3.17. The fraction of sp³-hybridized carbons (Fsp3) is 0.294. The average Bonchev–Trinajstić information content (AvgIpc) is 2.47. The maximum atomic E-state index is 5.84. The van der Waals surface area contributed by atoms with Crippen LogP contribution in [0.4, 0.5) is 0 Å². The molecule has 3 heteroatoms. The number of benzene rings is 2. The van der Waals surface area contributed by atoms with Gasteiger partial charge < -0.3 is 14.8 Å². The van der Waals surface area contributed by atoms with E-state index in [1.807, 2.05) is 30.3 Å². The fourth-order valence-electron chi connectivity index (χ4n) is 1.97. The van der Waals surface area contributed by atoms with Crippen LogP contribution in [0.3, 0.4) is 0 Å². The van der Waals surface area contributed by atoms with Crippen molar-refractivity contribution in [2.24, 2.45) is 0 Å². The van der Waals surface area contributed by atoms with Gasteiger partial charge in [-0.1, -0.05) is 13.0 Å². The summed E-state index contributed by atoms with van der Waals surface area (Å²) >= 11 is 0. The minimum atomic E-state index is 0.810. The van der Waals surface area contributed by atoms with Gasteiger partial charge in [-0.3, -0.25) is 0 Å². The summed E-state index contributed by atoms with van der Waals surface area (Å²) in [7, 11) is 1.66. The highest BCUT2D eigenvalue weighted by Crippen LogP contribution is 2.25. The van der Waals surface area contributed by atoms with Crippen LogP contribution in [0.1, 0.15) is 18.1 Å². The molecule has 0 aliphatic heterocycles. The van der Waals surface area contributed by atoms with Crippen LogP contribution in [0, 0.1) is 6.92 Å². The third-order valence-corrected chi connectivity index (χ3v) is 3.17. The number of hydrogen-bond donors (Lipinski definition) is 1. The Morgan fingerprint density at radius 1 is 0.950 bits per heavy atom.